The summed E-state index contributed by atoms with van der Waals surface area (Å²) in [6.07, 6.45) is 0. The standard InChI is InChI=1S/C15H18N4O3S/c20-13-11-3-1-2-4-12(11)14(21)19(13)17-15(23)16-5-6-18-7-9-22-10-8-18/h1-4H,5-10H2,(H2,16,17,23)/p+1. The summed E-state index contributed by atoms with van der Waals surface area (Å²) in [7, 11) is 0. The molecule has 2 aliphatic heterocycles. The average molecular weight is 335 g/mol. The van der Waals surface area contributed by atoms with E-state index in [1.165, 1.54) is 4.90 Å². The largest absolute Gasteiger partial charge is 0.370 e. The van der Waals surface area contributed by atoms with Crippen LogP contribution in [0.5, 0.6) is 0 Å². The molecule has 1 fully saturated rings. The van der Waals surface area contributed by atoms with E-state index in [0.29, 0.717) is 17.7 Å². The number of carbonyl (C=O) groups is 2. The van der Waals surface area contributed by atoms with E-state index in [1.54, 1.807) is 24.3 Å². The Morgan fingerprint density at radius 2 is 1.78 bits per heavy atom. The molecule has 1 saturated heterocycles. The number of hydrogen-bond acceptors (Lipinski definition) is 4. The van der Waals surface area contributed by atoms with E-state index in [-0.39, 0.29) is 16.9 Å². The molecule has 1 aromatic rings. The Kier molecular flexibility index (Phi) is 4.85. The van der Waals surface area contributed by atoms with Gasteiger partial charge in [0, 0.05) is 0 Å². The van der Waals surface area contributed by atoms with Crippen LogP contribution < -0.4 is 15.6 Å². The predicted molar refractivity (Wildman–Crippen MR) is 87.1 cm³/mol. The van der Waals surface area contributed by atoms with Gasteiger partial charge < -0.3 is 15.0 Å². The van der Waals surface area contributed by atoms with E-state index in [0.717, 1.165) is 37.9 Å². The zero-order valence-electron chi connectivity index (χ0n) is 12.6. The molecule has 0 spiro atoms. The fourth-order valence-electron chi connectivity index (χ4n) is 2.69. The number of benzene rings is 1. The molecule has 8 heteroatoms. The summed E-state index contributed by atoms with van der Waals surface area (Å²) >= 11 is 5.17. The second kappa shape index (κ2) is 7.03. The summed E-state index contributed by atoms with van der Waals surface area (Å²) in [5.74, 6) is -0.762. The molecule has 2 heterocycles. The fourth-order valence-corrected chi connectivity index (χ4v) is 2.89. The van der Waals surface area contributed by atoms with Crippen molar-refractivity contribution in [2.75, 3.05) is 39.4 Å². The highest BCUT2D eigenvalue weighted by atomic mass is 32.1. The second-order valence-electron chi connectivity index (χ2n) is 5.47. The van der Waals surface area contributed by atoms with Crippen LogP contribution >= 0.6 is 12.2 Å². The molecule has 0 radical (unpaired) electrons. The Balaban J connectivity index is 1.49. The fraction of sp³-hybridized carbons (Fsp3) is 0.400. The van der Waals surface area contributed by atoms with Gasteiger partial charge in [-0.25, -0.2) is 0 Å². The molecule has 0 aromatic heterocycles. The predicted octanol–water partition coefficient (Wildman–Crippen LogP) is -1.42. The van der Waals surface area contributed by atoms with Crippen molar-refractivity contribution in [3.05, 3.63) is 35.4 Å². The highest BCUT2D eigenvalue weighted by molar-refractivity contribution is 7.80. The van der Waals surface area contributed by atoms with Gasteiger partial charge in [-0.05, 0) is 24.4 Å². The van der Waals surface area contributed by atoms with Gasteiger partial charge in [0.15, 0.2) is 5.11 Å². The van der Waals surface area contributed by atoms with Crippen molar-refractivity contribution < 1.29 is 19.2 Å². The molecule has 0 saturated carbocycles. The van der Waals surface area contributed by atoms with Crippen molar-refractivity contribution in [2.45, 2.75) is 0 Å². The van der Waals surface area contributed by atoms with E-state index >= 15 is 0 Å². The van der Waals surface area contributed by atoms with Crippen molar-refractivity contribution in [2.24, 2.45) is 0 Å². The van der Waals surface area contributed by atoms with Crippen LogP contribution in [0.1, 0.15) is 20.7 Å². The summed E-state index contributed by atoms with van der Waals surface area (Å²) < 4.78 is 5.31. The lowest BCUT2D eigenvalue weighted by molar-refractivity contribution is -0.906. The monoisotopic (exact) mass is 335 g/mol. The van der Waals surface area contributed by atoms with E-state index in [2.05, 4.69) is 10.7 Å². The van der Waals surface area contributed by atoms with Crippen LogP contribution in [0.3, 0.4) is 0 Å². The van der Waals surface area contributed by atoms with Crippen LogP contribution in [0, 0.1) is 0 Å². The minimum atomic E-state index is -0.381. The molecule has 0 atom stereocenters. The number of thiocarbonyl (C=S) groups is 1. The van der Waals surface area contributed by atoms with Crippen LogP contribution in [0.25, 0.3) is 0 Å². The van der Waals surface area contributed by atoms with Gasteiger partial charge in [-0.15, -0.1) is 0 Å². The second-order valence-corrected chi connectivity index (χ2v) is 5.88. The molecule has 3 N–H and O–H groups in total. The maximum absolute atomic E-state index is 12.2. The summed E-state index contributed by atoms with van der Waals surface area (Å²) in [5, 5.41) is 4.27. The molecule has 122 valence electrons. The SMILES string of the molecule is O=C1c2ccccc2C(=O)N1NC(=S)NCC[NH+]1CCOCC1. The lowest BCUT2D eigenvalue weighted by Crippen LogP contribution is -3.14. The maximum atomic E-state index is 12.2. The number of morpholine rings is 1. The molecule has 1 aromatic carbocycles. The van der Waals surface area contributed by atoms with Gasteiger partial charge in [0.2, 0.25) is 0 Å². The number of ether oxygens (including phenoxy) is 1. The lowest BCUT2D eigenvalue weighted by Gasteiger charge is -2.24. The van der Waals surface area contributed by atoms with Crippen molar-refractivity contribution in [1.29, 1.82) is 0 Å². The third-order valence-corrected chi connectivity index (χ3v) is 4.21. The van der Waals surface area contributed by atoms with Gasteiger partial charge in [-0.2, -0.15) is 5.01 Å². The molecular formula is C15H19N4O3S+. The minimum Gasteiger partial charge on any atom is -0.370 e. The molecule has 0 unspecified atom stereocenters. The summed E-state index contributed by atoms with van der Waals surface area (Å²) in [4.78, 5) is 25.9. The van der Waals surface area contributed by atoms with Crippen molar-refractivity contribution in [1.82, 2.24) is 15.8 Å². The van der Waals surface area contributed by atoms with Gasteiger partial charge in [0.05, 0.1) is 37.4 Å². The molecule has 0 aliphatic carbocycles. The Labute approximate surface area is 139 Å². The quantitative estimate of drug-likeness (QED) is 0.463. The number of imide groups is 1. The zero-order valence-corrected chi connectivity index (χ0v) is 13.4. The van der Waals surface area contributed by atoms with E-state index < -0.39 is 0 Å². The van der Waals surface area contributed by atoms with E-state index in [4.69, 9.17) is 17.0 Å². The molecule has 0 bridgehead atoms. The number of amides is 2. The van der Waals surface area contributed by atoms with E-state index in [1.807, 2.05) is 0 Å². The minimum absolute atomic E-state index is 0.271. The first-order valence-corrected chi connectivity index (χ1v) is 8.01. The van der Waals surface area contributed by atoms with Crippen LogP contribution in [0.2, 0.25) is 0 Å². The number of nitrogens with one attached hydrogen (secondary N) is 3. The number of rotatable bonds is 4. The highest BCUT2D eigenvalue weighted by Gasteiger charge is 2.35. The van der Waals surface area contributed by atoms with Gasteiger partial charge in [-0.3, -0.25) is 15.0 Å². The number of quaternary nitrogens is 1. The summed E-state index contributed by atoms with van der Waals surface area (Å²) in [5.41, 5.74) is 3.47. The van der Waals surface area contributed by atoms with Gasteiger partial charge in [0.25, 0.3) is 11.8 Å². The van der Waals surface area contributed by atoms with Crippen LogP contribution in [-0.4, -0.2) is 61.3 Å². The normalized spacial score (nSPS) is 18.0. The Bertz CT molecular complexity index is 596. The van der Waals surface area contributed by atoms with Crippen LogP contribution in [0.4, 0.5) is 0 Å². The first-order chi connectivity index (χ1) is 11.2. The topological polar surface area (TPSA) is 75.1 Å². The van der Waals surface area contributed by atoms with Gasteiger partial charge in [0.1, 0.15) is 13.1 Å². The Hall–Kier alpha value is -2.03. The van der Waals surface area contributed by atoms with Gasteiger partial charge in [-0.1, -0.05) is 12.1 Å². The summed E-state index contributed by atoms with van der Waals surface area (Å²) in [6.45, 7) is 5.12. The number of hydrazine groups is 1. The number of fused-ring (bicyclic) bond motifs is 1. The Morgan fingerprint density at radius 3 is 2.39 bits per heavy atom. The molecule has 7 nitrogen and oxygen atoms in total. The number of nitrogens with zero attached hydrogens (tertiary/aromatic N) is 1. The first kappa shape index (κ1) is 15.9. The molecular weight excluding hydrogens is 316 g/mol. The average Bonchev–Trinajstić information content (AvgIpc) is 2.81. The Morgan fingerprint density at radius 1 is 1.17 bits per heavy atom. The molecule has 23 heavy (non-hydrogen) atoms. The number of carbonyl (C=O) groups excluding carboxylic acids is 2. The number of hydrogen-bond donors (Lipinski definition) is 3. The lowest BCUT2D eigenvalue weighted by atomic mass is 10.1. The molecule has 2 amide bonds. The maximum Gasteiger partial charge on any atom is 0.280 e. The van der Waals surface area contributed by atoms with E-state index in [9.17, 15) is 9.59 Å². The molecule has 2 aliphatic rings. The summed E-state index contributed by atoms with van der Waals surface area (Å²) in [6, 6.07) is 6.73. The molecule has 3 rings (SSSR count). The van der Waals surface area contributed by atoms with Crippen molar-refractivity contribution >= 4 is 29.1 Å². The van der Waals surface area contributed by atoms with Crippen molar-refractivity contribution in [3.63, 3.8) is 0 Å². The van der Waals surface area contributed by atoms with Crippen LogP contribution in [-0.2, 0) is 4.74 Å². The third-order valence-electron chi connectivity index (χ3n) is 3.97. The first-order valence-electron chi connectivity index (χ1n) is 7.60. The van der Waals surface area contributed by atoms with Gasteiger partial charge >= 0.3 is 0 Å². The van der Waals surface area contributed by atoms with Crippen molar-refractivity contribution in [3.8, 4) is 0 Å². The van der Waals surface area contributed by atoms with Crippen LogP contribution in [0.15, 0.2) is 24.3 Å². The zero-order chi connectivity index (χ0) is 16.2. The highest BCUT2D eigenvalue weighted by Crippen LogP contribution is 2.20. The third kappa shape index (κ3) is 3.49. The smallest absolute Gasteiger partial charge is 0.280 e.